The Morgan fingerprint density at radius 3 is 3.11 bits per heavy atom. The lowest BCUT2D eigenvalue weighted by Gasteiger charge is -2.29. The third-order valence-corrected chi connectivity index (χ3v) is 3.49. The summed E-state index contributed by atoms with van der Waals surface area (Å²) < 4.78 is 12.4. The van der Waals surface area contributed by atoms with Gasteiger partial charge >= 0.3 is 0 Å². The molecule has 0 aromatic carbocycles. The Kier molecular flexibility index (Phi) is 5.01. The minimum absolute atomic E-state index is 0.403. The Labute approximate surface area is 108 Å². The molecule has 0 radical (unpaired) electrons. The quantitative estimate of drug-likeness (QED) is 0.841. The highest BCUT2D eigenvalue weighted by atomic mass is 16.5. The molecule has 0 spiro atoms. The normalized spacial score (nSPS) is 24.1. The third kappa shape index (κ3) is 3.71. The maximum atomic E-state index is 5.44. The smallest absolute Gasteiger partial charge is 0.0728 e. The zero-order valence-electron chi connectivity index (χ0n) is 11.3. The lowest BCUT2D eigenvalue weighted by molar-refractivity contribution is 0.0669. The van der Waals surface area contributed by atoms with Gasteiger partial charge in [-0.1, -0.05) is 0 Å². The number of hydrogen-bond donors (Lipinski definition) is 1. The van der Waals surface area contributed by atoms with Crippen LogP contribution in [0.5, 0.6) is 0 Å². The van der Waals surface area contributed by atoms with E-state index in [0.29, 0.717) is 18.8 Å². The van der Waals surface area contributed by atoms with Crippen molar-refractivity contribution < 1.29 is 9.47 Å². The van der Waals surface area contributed by atoms with Crippen LogP contribution in [0.1, 0.15) is 25.7 Å². The van der Waals surface area contributed by atoms with E-state index >= 15 is 0 Å². The van der Waals surface area contributed by atoms with Crippen molar-refractivity contribution in [3.63, 3.8) is 0 Å². The molecule has 102 valence electrons. The molecule has 2 rings (SSSR count). The Bertz CT molecular complexity index is 354. The maximum Gasteiger partial charge on any atom is 0.0728 e. The topological polar surface area (TPSA) is 48.3 Å². The first kappa shape index (κ1) is 13.4. The number of aromatic nitrogens is 2. The predicted molar refractivity (Wildman–Crippen MR) is 70.8 cm³/mol. The van der Waals surface area contributed by atoms with Crippen LogP contribution in [0, 0.1) is 0 Å². The van der Waals surface area contributed by atoms with Gasteiger partial charge in [0.05, 0.1) is 31.1 Å². The molecule has 0 aliphatic heterocycles. The van der Waals surface area contributed by atoms with E-state index in [-0.39, 0.29) is 0 Å². The van der Waals surface area contributed by atoms with Crippen LogP contribution in [0.25, 0.3) is 0 Å². The lowest BCUT2D eigenvalue weighted by Crippen LogP contribution is -2.30. The van der Waals surface area contributed by atoms with E-state index in [1.165, 1.54) is 19.3 Å². The number of rotatable bonds is 6. The Morgan fingerprint density at radius 1 is 1.44 bits per heavy atom. The standard InChI is InChI=1S/C13H23N3O2/c1-17-7-6-16-10-12(9-14-16)15-11-4-3-5-13(8-11)18-2/h9-11,13,15H,3-8H2,1-2H3. The molecule has 5 nitrogen and oxygen atoms in total. The molecule has 0 amide bonds. The van der Waals surface area contributed by atoms with Crippen LogP contribution in [0.3, 0.4) is 0 Å². The lowest BCUT2D eigenvalue weighted by atomic mass is 9.93. The van der Waals surface area contributed by atoms with Crippen LogP contribution in [0.2, 0.25) is 0 Å². The molecular formula is C13H23N3O2. The van der Waals surface area contributed by atoms with Crippen LogP contribution in [-0.2, 0) is 16.0 Å². The molecule has 1 N–H and O–H groups in total. The van der Waals surface area contributed by atoms with Crippen molar-refractivity contribution in [3.05, 3.63) is 12.4 Å². The highest BCUT2D eigenvalue weighted by Crippen LogP contribution is 2.23. The number of methoxy groups -OCH3 is 2. The predicted octanol–water partition coefficient (Wildman–Crippen LogP) is 1.90. The molecule has 1 aromatic rings. The molecule has 18 heavy (non-hydrogen) atoms. The SMILES string of the molecule is COCCn1cc(NC2CCCC(OC)C2)cn1. The van der Waals surface area contributed by atoms with Gasteiger partial charge in [0.1, 0.15) is 0 Å². The van der Waals surface area contributed by atoms with Crippen LogP contribution < -0.4 is 5.32 Å². The zero-order valence-corrected chi connectivity index (χ0v) is 11.3. The summed E-state index contributed by atoms with van der Waals surface area (Å²) in [5.41, 5.74) is 1.09. The first-order valence-electron chi connectivity index (χ1n) is 6.62. The first-order chi connectivity index (χ1) is 8.81. The second-order valence-electron chi connectivity index (χ2n) is 4.85. The minimum Gasteiger partial charge on any atom is -0.383 e. The Balaban J connectivity index is 1.83. The number of nitrogens with one attached hydrogen (secondary N) is 1. The van der Waals surface area contributed by atoms with E-state index in [2.05, 4.69) is 10.4 Å². The van der Waals surface area contributed by atoms with Crippen molar-refractivity contribution in [2.75, 3.05) is 26.1 Å². The Hall–Kier alpha value is -1.07. The van der Waals surface area contributed by atoms with Crippen LogP contribution in [0.4, 0.5) is 5.69 Å². The summed E-state index contributed by atoms with van der Waals surface area (Å²) in [5, 5.41) is 7.84. The molecule has 0 saturated heterocycles. The molecule has 2 unspecified atom stereocenters. The van der Waals surface area contributed by atoms with Crippen LogP contribution in [0.15, 0.2) is 12.4 Å². The summed E-state index contributed by atoms with van der Waals surface area (Å²) >= 11 is 0. The second-order valence-corrected chi connectivity index (χ2v) is 4.85. The number of ether oxygens (including phenoxy) is 2. The van der Waals surface area contributed by atoms with Crippen molar-refractivity contribution in [2.45, 2.75) is 44.4 Å². The third-order valence-electron chi connectivity index (χ3n) is 3.49. The van der Waals surface area contributed by atoms with E-state index in [1.54, 1.807) is 14.2 Å². The van der Waals surface area contributed by atoms with Gasteiger partial charge in [-0.2, -0.15) is 5.10 Å². The van der Waals surface area contributed by atoms with Gasteiger partial charge in [-0.3, -0.25) is 4.68 Å². The van der Waals surface area contributed by atoms with E-state index in [9.17, 15) is 0 Å². The van der Waals surface area contributed by atoms with Crippen LogP contribution in [-0.4, -0.2) is 42.8 Å². The molecule has 0 bridgehead atoms. The fourth-order valence-electron chi connectivity index (χ4n) is 2.47. The molecule has 1 aliphatic carbocycles. The summed E-state index contributed by atoms with van der Waals surface area (Å²) in [6.07, 6.45) is 9.03. The van der Waals surface area contributed by atoms with Gasteiger partial charge in [0, 0.05) is 26.5 Å². The molecule has 1 aliphatic rings. The van der Waals surface area contributed by atoms with Crippen molar-refractivity contribution in [3.8, 4) is 0 Å². The van der Waals surface area contributed by atoms with Crippen molar-refractivity contribution in [2.24, 2.45) is 0 Å². The minimum atomic E-state index is 0.403. The molecule has 2 atom stereocenters. The fraction of sp³-hybridized carbons (Fsp3) is 0.769. The highest BCUT2D eigenvalue weighted by molar-refractivity contribution is 5.39. The summed E-state index contributed by atoms with van der Waals surface area (Å²) in [7, 11) is 3.51. The van der Waals surface area contributed by atoms with Crippen molar-refractivity contribution >= 4 is 5.69 Å². The van der Waals surface area contributed by atoms with Gasteiger partial charge in [-0.15, -0.1) is 0 Å². The van der Waals surface area contributed by atoms with Gasteiger partial charge in [0.2, 0.25) is 0 Å². The summed E-state index contributed by atoms with van der Waals surface area (Å²) in [4.78, 5) is 0. The average molecular weight is 253 g/mol. The summed E-state index contributed by atoms with van der Waals surface area (Å²) in [5.74, 6) is 0. The van der Waals surface area contributed by atoms with Gasteiger partial charge in [-0.05, 0) is 25.7 Å². The molecular weight excluding hydrogens is 230 g/mol. The van der Waals surface area contributed by atoms with E-state index in [0.717, 1.165) is 18.7 Å². The van der Waals surface area contributed by atoms with E-state index in [1.807, 2.05) is 17.1 Å². The summed E-state index contributed by atoms with van der Waals surface area (Å²) in [6.45, 7) is 1.49. The van der Waals surface area contributed by atoms with Crippen molar-refractivity contribution in [1.29, 1.82) is 0 Å². The molecule has 1 fully saturated rings. The van der Waals surface area contributed by atoms with Gasteiger partial charge < -0.3 is 14.8 Å². The van der Waals surface area contributed by atoms with Gasteiger partial charge in [0.25, 0.3) is 0 Å². The van der Waals surface area contributed by atoms with Crippen molar-refractivity contribution in [1.82, 2.24) is 9.78 Å². The zero-order chi connectivity index (χ0) is 12.8. The Morgan fingerprint density at radius 2 is 2.33 bits per heavy atom. The molecule has 1 saturated carbocycles. The van der Waals surface area contributed by atoms with E-state index in [4.69, 9.17) is 9.47 Å². The monoisotopic (exact) mass is 253 g/mol. The van der Waals surface area contributed by atoms with Crippen LogP contribution >= 0.6 is 0 Å². The number of hydrogen-bond acceptors (Lipinski definition) is 4. The highest BCUT2D eigenvalue weighted by Gasteiger charge is 2.21. The molecule has 1 aromatic heterocycles. The van der Waals surface area contributed by atoms with Gasteiger partial charge in [0.15, 0.2) is 0 Å². The first-order valence-corrected chi connectivity index (χ1v) is 6.62. The number of anilines is 1. The molecule has 5 heteroatoms. The van der Waals surface area contributed by atoms with E-state index < -0.39 is 0 Å². The maximum absolute atomic E-state index is 5.44. The largest absolute Gasteiger partial charge is 0.383 e. The second kappa shape index (κ2) is 6.75. The number of nitrogens with zero attached hydrogens (tertiary/aromatic N) is 2. The fourth-order valence-corrected chi connectivity index (χ4v) is 2.47. The van der Waals surface area contributed by atoms with Gasteiger partial charge in [-0.25, -0.2) is 0 Å². The average Bonchev–Trinajstić information content (AvgIpc) is 2.84. The summed E-state index contributed by atoms with van der Waals surface area (Å²) in [6, 6.07) is 0.503. The molecule has 1 heterocycles.